The molecule has 2 aromatic carbocycles. The summed E-state index contributed by atoms with van der Waals surface area (Å²) in [5, 5.41) is 2.55. The lowest BCUT2D eigenvalue weighted by Gasteiger charge is -2.10. The number of rotatable bonds is 2. The van der Waals surface area contributed by atoms with Gasteiger partial charge in [0.2, 0.25) is 0 Å². The van der Waals surface area contributed by atoms with Crippen molar-refractivity contribution in [1.29, 1.82) is 0 Å². The van der Waals surface area contributed by atoms with Crippen LogP contribution < -0.4 is 11.1 Å². The Labute approximate surface area is 115 Å². The summed E-state index contributed by atoms with van der Waals surface area (Å²) in [6.45, 7) is 3.74. The van der Waals surface area contributed by atoms with Crippen LogP contribution in [0.1, 0.15) is 21.5 Å². The van der Waals surface area contributed by atoms with Gasteiger partial charge in [-0.25, -0.2) is 8.78 Å². The lowest BCUT2D eigenvalue weighted by molar-refractivity contribution is 0.102. The molecule has 0 aromatic heterocycles. The molecule has 0 atom stereocenters. The standard InChI is InChI=1S/C15H14F2N2O/c1-8-3-4-13(9(2)5-8)19-15(20)11-6-10(16)7-12(18)14(11)17/h3-7H,18H2,1-2H3,(H,19,20). The minimum absolute atomic E-state index is 0.393. The zero-order chi connectivity index (χ0) is 14.9. The van der Waals surface area contributed by atoms with Crippen LogP contribution in [0.3, 0.4) is 0 Å². The highest BCUT2D eigenvalue weighted by atomic mass is 19.1. The maximum atomic E-state index is 13.7. The summed E-state index contributed by atoms with van der Waals surface area (Å²) in [5.41, 5.74) is 6.92. The highest BCUT2D eigenvalue weighted by Gasteiger charge is 2.16. The number of nitrogen functional groups attached to an aromatic ring is 1. The van der Waals surface area contributed by atoms with Gasteiger partial charge in [0, 0.05) is 5.69 Å². The number of carbonyl (C=O) groups is 1. The number of amides is 1. The molecule has 0 bridgehead atoms. The van der Waals surface area contributed by atoms with Crippen LogP contribution in [0, 0.1) is 25.5 Å². The molecule has 0 aliphatic rings. The number of hydrogen-bond acceptors (Lipinski definition) is 2. The van der Waals surface area contributed by atoms with E-state index in [1.54, 1.807) is 6.07 Å². The first-order chi connectivity index (χ1) is 9.38. The smallest absolute Gasteiger partial charge is 0.258 e. The lowest BCUT2D eigenvalue weighted by Crippen LogP contribution is -2.16. The van der Waals surface area contributed by atoms with Crippen LogP contribution in [-0.4, -0.2) is 5.91 Å². The van der Waals surface area contributed by atoms with Crippen LogP contribution in [0.15, 0.2) is 30.3 Å². The lowest BCUT2D eigenvalue weighted by atomic mass is 10.1. The third-order valence-corrected chi connectivity index (χ3v) is 2.94. The molecule has 1 amide bonds. The Morgan fingerprint density at radius 3 is 2.50 bits per heavy atom. The fraction of sp³-hybridized carbons (Fsp3) is 0.133. The molecule has 104 valence electrons. The number of nitrogens with one attached hydrogen (secondary N) is 1. The molecule has 5 heteroatoms. The second-order valence-electron chi connectivity index (χ2n) is 4.63. The van der Waals surface area contributed by atoms with E-state index in [4.69, 9.17) is 5.73 Å². The Bertz CT molecular complexity index is 684. The monoisotopic (exact) mass is 276 g/mol. The minimum atomic E-state index is -0.923. The number of aryl methyl sites for hydroxylation is 2. The SMILES string of the molecule is Cc1ccc(NC(=O)c2cc(F)cc(N)c2F)c(C)c1. The molecule has 0 radical (unpaired) electrons. The average Bonchev–Trinajstić information content (AvgIpc) is 2.37. The first kappa shape index (κ1) is 14.0. The van der Waals surface area contributed by atoms with Gasteiger partial charge in [-0.2, -0.15) is 0 Å². The Morgan fingerprint density at radius 2 is 1.85 bits per heavy atom. The molecule has 0 aliphatic heterocycles. The summed E-state index contributed by atoms with van der Waals surface area (Å²) >= 11 is 0. The van der Waals surface area contributed by atoms with Gasteiger partial charge >= 0.3 is 0 Å². The third kappa shape index (κ3) is 2.77. The van der Waals surface area contributed by atoms with Crippen molar-refractivity contribution in [1.82, 2.24) is 0 Å². The van der Waals surface area contributed by atoms with Crippen LogP contribution in [-0.2, 0) is 0 Å². The van der Waals surface area contributed by atoms with Gasteiger partial charge in [-0.15, -0.1) is 0 Å². The van der Waals surface area contributed by atoms with Crippen molar-refractivity contribution in [3.8, 4) is 0 Å². The Balaban J connectivity index is 2.33. The maximum absolute atomic E-state index is 13.7. The van der Waals surface area contributed by atoms with Crippen molar-refractivity contribution in [3.05, 3.63) is 58.7 Å². The van der Waals surface area contributed by atoms with E-state index in [0.29, 0.717) is 5.69 Å². The fourth-order valence-corrected chi connectivity index (χ4v) is 1.92. The summed E-state index contributed by atoms with van der Waals surface area (Å²) in [6, 6.07) is 7.07. The molecule has 20 heavy (non-hydrogen) atoms. The number of carbonyl (C=O) groups excluding carboxylic acids is 1. The molecule has 0 unspecified atom stereocenters. The average molecular weight is 276 g/mol. The van der Waals surface area contributed by atoms with E-state index in [-0.39, 0.29) is 0 Å². The second-order valence-corrected chi connectivity index (χ2v) is 4.63. The number of nitrogens with two attached hydrogens (primary N) is 1. The van der Waals surface area contributed by atoms with E-state index in [9.17, 15) is 13.6 Å². The molecule has 3 N–H and O–H groups in total. The Hall–Kier alpha value is -2.43. The number of benzene rings is 2. The summed E-state index contributed by atoms with van der Waals surface area (Å²) in [4.78, 5) is 12.0. The van der Waals surface area contributed by atoms with Crippen molar-refractivity contribution in [3.63, 3.8) is 0 Å². The van der Waals surface area contributed by atoms with Crippen molar-refractivity contribution in [2.45, 2.75) is 13.8 Å². The zero-order valence-corrected chi connectivity index (χ0v) is 11.1. The molecular formula is C15H14F2N2O. The van der Waals surface area contributed by atoms with Crippen LogP contribution in [0.25, 0.3) is 0 Å². The van der Waals surface area contributed by atoms with Crippen molar-refractivity contribution >= 4 is 17.3 Å². The summed E-state index contributed by atoms with van der Waals surface area (Å²) in [5.74, 6) is -2.41. The van der Waals surface area contributed by atoms with Crippen molar-refractivity contribution in [2.75, 3.05) is 11.1 Å². The largest absolute Gasteiger partial charge is 0.396 e. The van der Waals surface area contributed by atoms with E-state index in [2.05, 4.69) is 5.32 Å². The summed E-state index contributed by atoms with van der Waals surface area (Å²) < 4.78 is 27.0. The van der Waals surface area contributed by atoms with E-state index >= 15 is 0 Å². The van der Waals surface area contributed by atoms with Gasteiger partial charge in [-0.05, 0) is 37.6 Å². The van der Waals surface area contributed by atoms with Gasteiger partial charge in [0.25, 0.3) is 5.91 Å². The first-order valence-corrected chi connectivity index (χ1v) is 6.01. The third-order valence-electron chi connectivity index (χ3n) is 2.94. The van der Waals surface area contributed by atoms with Gasteiger partial charge in [0.15, 0.2) is 5.82 Å². The minimum Gasteiger partial charge on any atom is -0.396 e. The van der Waals surface area contributed by atoms with Gasteiger partial charge in [0.1, 0.15) is 5.82 Å². The predicted octanol–water partition coefficient (Wildman–Crippen LogP) is 3.42. The molecule has 2 aromatic rings. The van der Waals surface area contributed by atoms with E-state index in [0.717, 1.165) is 23.3 Å². The zero-order valence-electron chi connectivity index (χ0n) is 11.1. The normalized spacial score (nSPS) is 10.4. The van der Waals surface area contributed by atoms with Crippen molar-refractivity contribution in [2.24, 2.45) is 0 Å². The molecule has 0 saturated carbocycles. The number of anilines is 2. The van der Waals surface area contributed by atoms with Gasteiger partial charge in [-0.3, -0.25) is 4.79 Å². The summed E-state index contributed by atoms with van der Waals surface area (Å²) in [7, 11) is 0. The van der Waals surface area contributed by atoms with Gasteiger partial charge in [-0.1, -0.05) is 17.7 Å². The molecule has 0 heterocycles. The van der Waals surface area contributed by atoms with E-state index < -0.39 is 28.8 Å². The number of halogens is 2. The van der Waals surface area contributed by atoms with Crippen LogP contribution in [0.5, 0.6) is 0 Å². The molecule has 0 spiro atoms. The predicted molar refractivity (Wildman–Crippen MR) is 74.6 cm³/mol. The second kappa shape index (κ2) is 5.28. The topological polar surface area (TPSA) is 55.1 Å². The molecule has 0 saturated heterocycles. The highest BCUT2D eigenvalue weighted by Crippen LogP contribution is 2.21. The number of hydrogen-bond donors (Lipinski definition) is 2. The Kier molecular flexibility index (Phi) is 3.70. The highest BCUT2D eigenvalue weighted by molar-refractivity contribution is 6.05. The van der Waals surface area contributed by atoms with E-state index in [1.807, 2.05) is 26.0 Å². The first-order valence-electron chi connectivity index (χ1n) is 6.01. The molecule has 2 rings (SSSR count). The van der Waals surface area contributed by atoms with Crippen LogP contribution in [0.2, 0.25) is 0 Å². The van der Waals surface area contributed by atoms with Gasteiger partial charge < -0.3 is 11.1 Å². The maximum Gasteiger partial charge on any atom is 0.258 e. The van der Waals surface area contributed by atoms with E-state index in [1.165, 1.54) is 0 Å². The summed E-state index contributed by atoms with van der Waals surface area (Å²) in [6.07, 6.45) is 0. The molecular weight excluding hydrogens is 262 g/mol. The van der Waals surface area contributed by atoms with Gasteiger partial charge in [0.05, 0.1) is 11.3 Å². The van der Waals surface area contributed by atoms with Crippen molar-refractivity contribution < 1.29 is 13.6 Å². The van der Waals surface area contributed by atoms with Crippen LogP contribution >= 0.6 is 0 Å². The molecule has 0 aliphatic carbocycles. The Morgan fingerprint density at radius 1 is 1.15 bits per heavy atom. The quantitative estimate of drug-likeness (QED) is 0.826. The molecule has 3 nitrogen and oxygen atoms in total. The molecule has 0 fully saturated rings. The van der Waals surface area contributed by atoms with Crippen LogP contribution in [0.4, 0.5) is 20.2 Å². The fourth-order valence-electron chi connectivity index (χ4n) is 1.92.